The van der Waals surface area contributed by atoms with Gasteiger partial charge < -0.3 is 5.11 Å². The van der Waals surface area contributed by atoms with Crippen molar-refractivity contribution >= 4 is 55.6 Å². The van der Waals surface area contributed by atoms with Crippen molar-refractivity contribution in [1.82, 2.24) is 4.98 Å². The van der Waals surface area contributed by atoms with Crippen molar-refractivity contribution < 1.29 is 5.11 Å². The van der Waals surface area contributed by atoms with Gasteiger partial charge in [-0.05, 0) is 24.3 Å². The fourth-order valence-electron chi connectivity index (χ4n) is 1.83. The summed E-state index contributed by atoms with van der Waals surface area (Å²) in [6, 6.07) is 15.0. The van der Waals surface area contributed by atoms with E-state index in [4.69, 9.17) is 0 Å². The van der Waals surface area contributed by atoms with Crippen LogP contribution in [0, 0.1) is 0 Å². The lowest BCUT2D eigenvalue weighted by molar-refractivity contribution is 0.474. The van der Waals surface area contributed by atoms with Gasteiger partial charge in [0, 0.05) is 21.0 Å². The summed E-state index contributed by atoms with van der Waals surface area (Å²) in [5.41, 5.74) is 5.48. The molecule has 0 saturated carbocycles. The number of nitrogens with zero attached hydrogens (tertiary/aromatic N) is 2. The van der Waals surface area contributed by atoms with Crippen LogP contribution in [0.2, 0.25) is 0 Å². The Hall–Kier alpha value is -1.70. The Labute approximate surface area is 156 Å². The molecule has 0 fully saturated rings. The van der Waals surface area contributed by atoms with Gasteiger partial charge in [-0.3, -0.25) is 5.43 Å². The molecule has 0 radical (unpaired) electrons. The molecule has 7 heteroatoms. The Bertz CT molecular complexity index is 803. The monoisotopic (exact) mass is 453 g/mol. The van der Waals surface area contributed by atoms with Crippen LogP contribution in [-0.4, -0.2) is 16.3 Å². The van der Waals surface area contributed by atoms with E-state index in [0.29, 0.717) is 10.7 Å². The summed E-state index contributed by atoms with van der Waals surface area (Å²) in [6.45, 7) is 0. The van der Waals surface area contributed by atoms with Gasteiger partial charge in [0.25, 0.3) is 0 Å². The number of para-hydroxylation sites is 1. The lowest BCUT2D eigenvalue weighted by atomic mass is 10.2. The number of halogens is 2. The van der Waals surface area contributed by atoms with Crippen molar-refractivity contribution in [2.24, 2.45) is 5.10 Å². The highest BCUT2D eigenvalue weighted by Crippen LogP contribution is 2.26. The fraction of sp³-hybridized carbons (Fsp3) is 0. The number of thiazole rings is 1. The number of benzene rings is 2. The molecule has 3 rings (SSSR count). The Balaban J connectivity index is 0.00000192. The molecule has 0 aliphatic carbocycles. The van der Waals surface area contributed by atoms with Crippen molar-refractivity contribution in [2.45, 2.75) is 0 Å². The van der Waals surface area contributed by atoms with E-state index in [1.54, 1.807) is 24.4 Å². The van der Waals surface area contributed by atoms with E-state index in [1.807, 2.05) is 35.7 Å². The summed E-state index contributed by atoms with van der Waals surface area (Å²) in [6.07, 6.45) is 1.57. The molecular weight excluding hydrogens is 442 g/mol. The molecule has 1 heterocycles. The van der Waals surface area contributed by atoms with Gasteiger partial charge in [-0.1, -0.05) is 40.2 Å². The zero-order valence-corrected chi connectivity index (χ0v) is 15.9. The summed E-state index contributed by atoms with van der Waals surface area (Å²) in [5, 5.41) is 16.4. The molecule has 118 valence electrons. The maximum absolute atomic E-state index is 9.65. The van der Waals surface area contributed by atoms with Crippen LogP contribution < -0.4 is 5.43 Å². The van der Waals surface area contributed by atoms with E-state index in [1.165, 1.54) is 11.3 Å². The second-order valence-corrected chi connectivity index (χ2v) is 6.25. The number of phenols is 1. The smallest absolute Gasteiger partial charge is 0.203 e. The molecule has 1 aromatic heterocycles. The molecule has 0 aliphatic rings. The molecule has 0 atom stereocenters. The third kappa shape index (κ3) is 4.63. The first-order valence-corrected chi connectivity index (χ1v) is 8.18. The number of aromatic nitrogens is 1. The second kappa shape index (κ2) is 8.24. The largest absolute Gasteiger partial charge is 0.507 e. The number of nitrogens with one attached hydrogen (secondary N) is 1. The van der Waals surface area contributed by atoms with Gasteiger partial charge in [-0.25, -0.2) is 4.98 Å². The van der Waals surface area contributed by atoms with E-state index in [2.05, 4.69) is 31.4 Å². The Morgan fingerprint density at radius 2 is 1.87 bits per heavy atom. The summed E-state index contributed by atoms with van der Waals surface area (Å²) < 4.78 is 1.04. The number of anilines is 1. The van der Waals surface area contributed by atoms with Crippen LogP contribution >= 0.6 is 44.2 Å². The summed E-state index contributed by atoms with van der Waals surface area (Å²) in [5.74, 6) is 0.197. The van der Waals surface area contributed by atoms with Crippen molar-refractivity contribution in [3.05, 3.63) is 63.9 Å². The SMILES string of the molecule is Br.Oc1ccccc1C=NNc1nc(-c2ccc(Br)cc2)cs1. The van der Waals surface area contributed by atoms with E-state index >= 15 is 0 Å². The molecule has 0 aliphatic heterocycles. The molecule has 2 N–H and O–H groups in total. The third-order valence-corrected chi connectivity index (χ3v) is 4.22. The normalized spacial score (nSPS) is 10.5. The van der Waals surface area contributed by atoms with Gasteiger partial charge in [0.1, 0.15) is 5.75 Å². The third-order valence-electron chi connectivity index (χ3n) is 2.94. The van der Waals surface area contributed by atoms with Crippen LogP contribution in [0.25, 0.3) is 11.3 Å². The molecular formula is C16H13Br2N3OS. The highest BCUT2D eigenvalue weighted by Gasteiger charge is 2.03. The number of hydrogen-bond acceptors (Lipinski definition) is 5. The summed E-state index contributed by atoms with van der Waals surface area (Å²) in [7, 11) is 0. The predicted molar refractivity (Wildman–Crippen MR) is 105 cm³/mol. The second-order valence-electron chi connectivity index (χ2n) is 4.47. The maximum Gasteiger partial charge on any atom is 0.203 e. The molecule has 0 amide bonds. The topological polar surface area (TPSA) is 57.5 Å². The molecule has 0 unspecified atom stereocenters. The highest BCUT2D eigenvalue weighted by molar-refractivity contribution is 9.10. The average molecular weight is 455 g/mol. The van der Waals surface area contributed by atoms with Crippen LogP contribution in [0.15, 0.2) is 63.5 Å². The molecule has 4 nitrogen and oxygen atoms in total. The molecule has 0 saturated heterocycles. The summed E-state index contributed by atoms with van der Waals surface area (Å²) in [4.78, 5) is 4.48. The van der Waals surface area contributed by atoms with Gasteiger partial charge in [0.15, 0.2) is 0 Å². The van der Waals surface area contributed by atoms with Crippen molar-refractivity contribution in [1.29, 1.82) is 0 Å². The van der Waals surface area contributed by atoms with Crippen LogP contribution in [0.3, 0.4) is 0 Å². The molecule has 3 aromatic rings. The molecule has 2 aromatic carbocycles. The number of hydrogen-bond donors (Lipinski definition) is 2. The van der Waals surface area contributed by atoms with Gasteiger partial charge in [0.05, 0.1) is 11.9 Å². The van der Waals surface area contributed by atoms with Crippen LogP contribution in [0.1, 0.15) is 5.56 Å². The minimum Gasteiger partial charge on any atom is -0.507 e. The lowest BCUT2D eigenvalue weighted by Crippen LogP contribution is -1.90. The van der Waals surface area contributed by atoms with E-state index in [9.17, 15) is 5.11 Å². The number of aromatic hydroxyl groups is 1. The maximum atomic E-state index is 9.65. The van der Waals surface area contributed by atoms with Crippen LogP contribution in [0.5, 0.6) is 5.75 Å². The van der Waals surface area contributed by atoms with Gasteiger partial charge in [0.2, 0.25) is 5.13 Å². The average Bonchev–Trinajstić information content (AvgIpc) is 2.99. The summed E-state index contributed by atoms with van der Waals surface area (Å²) >= 11 is 4.89. The first kappa shape index (κ1) is 17.7. The number of phenolic OH excluding ortho intramolecular Hbond substituents is 1. The van der Waals surface area contributed by atoms with Crippen LogP contribution in [0.4, 0.5) is 5.13 Å². The van der Waals surface area contributed by atoms with Crippen molar-refractivity contribution in [2.75, 3.05) is 5.43 Å². The van der Waals surface area contributed by atoms with Gasteiger partial charge in [-0.2, -0.15) is 5.10 Å². The molecule has 23 heavy (non-hydrogen) atoms. The lowest BCUT2D eigenvalue weighted by Gasteiger charge is -1.98. The van der Waals surface area contributed by atoms with Gasteiger partial charge in [-0.15, -0.1) is 28.3 Å². The van der Waals surface area contributed by atoms with E-state index in [0.717, 1.165) is 15.7 Å². The first-order chi connectivity index (χ1) is 10.7. The Kier molecular flexibility index (Phi) is 6.32. The van der Waals surface area contributed by atoms with Crippen LogP contribution in [-0.2, 0) is 0 Å². The minimum atomic E-state index is 0. The number of hydrazone groups is 1. The zero-order valence-electron chi connectivity index (χ0n) is 11.8. The standard InChI is InChI=1S/C16H12BrN3OS.BrH/c17-13-7-5-11(6-8-13)14-10-22-16(19-14)20-18-9-12-3-1-2-4-15(12)21;/h1-10,21H,(H,19,20);1H. The van der Waals surface area contributed by atoms with E-state index < -0.39 is 0 Å². The Morgan fingerprint density at radius 3 is 2.61 bits per heavy atom. The molecule has 0 spiro atoms. The molecule has 0 bridgehead atoms. The fourth-order valence-corrected chi connectivity index (χ4v) is 2.76. The van der Waals surface area contributed by atoms with E-state index in [-0.39, 0.29) is 22.7 Å². The zero-order chi connectivity index (χ0) is 15.4. The van der Waals surface area contributed by atoms with Crippen molar-refractivity contribution in [3.63, 3.8) is 0 Å². The Morgan fingerprint density at radius 1 is 1.13 bits per heavy atom. The highest BCUT2D eigenvalue weighted by atomic mass is 79.9. The van der Waals surface area contributed by atoms with Gasteiger partial charge >= 0.3 is 0 Å². The predicted octanol–water partition coefficient (Wildman–Crippen LogP) is 5.30. The first-order valence-electron chi connectivity index (χ1n) is 6.51. The van der Waals surface area contributed by atoms with Crippen molar-refractivity contribution in [3.8, 4) is 17.0 Å². The number of rotatable bonds is 4. The quantitative estimate of drug-likeness (QED) is 0.415. The minimum absolute atomic E-state index is 0.